The summed E-state index contributed by atoms with van der Waals surface area (Å²) in [5.41, 5.74) is 0.481. The fourth-order valence-electron chi connectivity index (χ4n) is 1.12. The average molecular weight is 300 g/mol. The van der Waals surface area contributed by atoms with Gasteiger partial charge in [0.1, 0.15) is 4.84 Å². The smallest absolute Gasteiger partial charge is 0.207 e. The first kappa shape index (κ1) is 14.1. The van der Waals surface area contributed by atoms with Gasteiger partial charge >= 0.3 is 0 Å². The molecule has 0 aliphatic carbocycles. The summed E-state index contributed by atoms with van der Waals surface area (Å²) in [6.45, 7) is 0. The molecule has 1 aromatic carbocycles. The van der Waals surface area contributed by atoms with Crippen LogP contribution in [0.25, 0.3) is 0 Å². The van der Waals surface area contributed by atoms with Crippen LogP contribution in [0.15, 0.2) is 28.0 Å². The van der Waals surface area contributed by atoms with Crippen LogP contribution in [-0.4, -0.2) is 26.8 Å². The Hall–Kier alpha value is 0.0600. The molecule has 0 N–H and O–H groups in total. The number of alkyl halides is 2. The molecule has 3 nitrogen and oxygen atoms in total. The van der Waals surface area contributed by atoms with Crippen molar-refractivity contribution in [3.63, 3.8) is 0 Å². The molecule has 0 saturated heterocycles. The van der Waals surface area contributed by atoms with Crippen LogP contribution in [0.1, 0.15) is 10.4 Å². The first-order valence-corrected chi connectivity index (χ1v) is 7.07. The zero-order valence-electron chi connectivity index (χ0n) is 8.68. The maximum absolute atomic E-state index is 11.9. The van der Waals surface area contributed by atoms with E-state index < -0.39 is 14.9 Å². The van der Waals surface area contributed by atoms with Crippen molar-refractivity contribution in [2.45, 2.75) is 14.6 Å². The molecule has 0 aliphatic rings. The summed E-state index contributed by atoms with van der Waals surface area (Å²) in [5, 5.41) is 0. The summed E-state index contributed by atoms with van der Waals surface area (Å²) in [6, 6.07) is 4.70. The molecule has 1 rings (SSSR count). The summed E-state index contributed by atoms with van der Waals surface area (Å²) in [6.07, 6.45) is 0. The van der Waals surface area contributed by atoms with Crippen molar-refractivity contribution in [3.05, 3.63) is 23.8 Å². The van der Waals surface area contributed by atoms with Crippen molar-refractivity contribution in [1.82, 2.24) is 4.31 Å². The Morgan fingerprint density at radius 1 is 1.31 bits per heavy atom. The highest BCUT2D eigenvalue weighted by molar-refractivity contribution is 7.90. The van der Waals surface area contributed by atoms with Gasteiger partial charge in [0.25, 0.3) is 0 Å². The Balaban J connectivity index is 3.43. The van der Waals surface area contributed by atoms with Gasteiger partial charge in [-0.1, -0.05) is 12.1 Å². The molecule has 0 radical (unpaired) electrons. The van der Waals surface area contributed by atoms with Gasteiger partial charge in [-0.3, -0.25) is 0 Å². The van der Waals surface area contributed by atoms with Gasteiger partial charge in [0.05, 0.1) is 4.90 Å². The molecule has 0 fully saturated rings. The Kier molecular flexibility index (Phi) is 4.54. The first-order chi connectivity index (χ1) is 7.28. The third-order valence-corrected chi connectivity index (χ3v) is 5.00. The molecule has 0 heterocycles. The van der Waals surface area contributed by atoms with Crippen LogP contribution >= 0.6 is 35.8 Å². The topological polar surface area (TPSA) is 37.4 Å². The van der Waals surface area contributed by atoms with Crippen LogP contribution in [0.5, 0.6) is 0 Å². The molecule has 0 saturated carbocycles. The average Bonchev–Trinajstić information content (AvgIpc) is 2.16. The lowest BCUT2D eigenvalue weighted by Gasteiger charge is -2.15. The maximum Gasteiger partial charge on any atom is 0.243 e. The van der Waals surface area contributed by atoms with Crippen molar-refractivity contribution in [2.75, 3.05) is 14.1 Å². The molecular weight excluding hydrogens is 289 g/mol. The minimum Gasteiger partial charge on any atom is -0.207 e. The lowest BCUT2D eigenvalue weighted by molar-refractivity contribution is 0.518. The second-order valence-electron chi connectivity index (χ2n) is 3.28. The number of rotatable bonds is 3. The number of hydrogen-bond acceptors (Lipinski definition) is 3. The van der Waals surface area contributed by atoms with Crippen LogP contribution in [0.3, 0.4) is 0 Å². The highest BCUT2D eigenvalue weighted by atomic mass is 35.5. The standard InChI is InChI=1S/C9H11Cl2NO2S2/c1-12(2)16(13,14)7-5-3-4-6(8(7)15)9(10)11/h3-5,9,15H,1-2H3. The summed E-state index contributed by atoms with van der Waals surface area (Å²) in [5.74, 6) is 0. The minimum absolute atomic E-state index is 0.102. The van der Waals surface area contributed by atoms with Crippen molar-refractivity contribution in [3.8, 4) is 0 Å². The molecule has 16 heavy (non-hydrogen) atoms. The molecule has 0 unspecified atom stereocenters. The van der Waals surface area contributed by atoms with Crippen molar-refractivity contribution in [2.24, 2.45) is 0 Å². The molecule has 1 aromatic rings. The number of hydrogen-bond donors (Lipinski definition) is 1. The van der Waals surface area contributed by atoms with Gasteiger partial charge in [-0.25, -0.2) is 12.7 Å². The van der Waals surface area contributed by atoms with Crippen LogP contribution in [0.2, 0.25) is 0 Å². The molecule has 0 aromatic heterocycles. The monoisotopic (exact) mass is 299 g/mol. The van der Waals surface area contributed by atoms with Crippen molar-refractivity contribution >= 4 is 45.9 Å². The van der Waals surface area contributed by atoms with E-state index in [9.17, 15) is 8.42 Å². The third kappa shape index (κ3) is 2.65. The van der Waals surface area contributed by atoms with Crippen LogP contribution in [-0.2, 0) is 10.0 Å². The summed E-state index contributed by atoms with van der Waals surface area (Å²) < 4.78 is 25.0. The zero-order chi connectivity index (χ0) is 12.5. The van der Waals surface area contributed by atoms with Gasteiger partial charge in [0, 0.05) is 19.0 Å². The Morgan fingerprint density at radius 3 is 2.31 bits per heavy atom. The van der Waals surface area contributed by atoms with E-state index >= 15 is 0 Å². The Bertz CT molecular complexity index is 486. The lowest BCUT2D eigenvalue weighted by Crippen LogP contribution is -2.22. The molecule has 0 atom stereocenters. The zero-order valence-corrected chi connectivity index (χ0v) is 11.9. The van der Waals surface area contributed by atoms with Gasteiger partial charge in [-0.15, -0.1) is 35.8 Å². The molecule has 0 aliphatic heterocycles. The molecule has 90 valence electrons. The van der Waals surface area contributed by atoms with Gasteiger partial charge in [-0.2, -0.15) is 0 Å². The third-order valence-electron chi connectivity index (χ3n) is 2.02. The van der Waals surface area contributed by atoms with E-state index in [1.807, 2.05) is 0 Å². The highest BCUT2D eigenvalue weighted by Crippen LogP contribution is 2.34. The predicted molar refractivity (Wildman–Crippen MR) is 69.0 cm³/mol. The number of halogens is 2. The van der Waals surface area contributed by atoms with Crippen molar-refractivity contribution in [1.29, 1.82) is 0 Å². The van der Waals surface area contributed by atoms with Crippen molar-refractivity contribution < 1.29 is 8.42 Å². The van der Waals surface area contributed by atoms with Gasteiger partial charge in [0.15, 0.2) is 0 Å². The van der Waals surface area contributed by atoms with Crippen LogP contribution in [0, 0.1) is 0 Å². The van der Waals surface area contributed by atoms with Gasteiger partial charge < -0.3 is 0 Å². The van der Waals surface area contributed by atoms with E-state index in [-0.39, 0.29) is 9.79 Å². The number of benzene rings is 1. The summed E-state index contributed by atoms with van der Waals surface area (Å²) in [4.78, 5) is -0.416. The van der Waals surface area contributed by atoms with E-state index in [0.717, 1.165) is 4.31 Å². The van der Waals surface area contributed by atoms with E-state index in [2.05, 4.69) is 12.6 Å². The van der Waals surface area contributed by atoms with Crippen LogP contribution in [0.4, 0.5) is 0 Å². The van der Waals surface area contributed by atoms with E-state index in [1.165, 1.54) is 20.2 Å². The molecule has 0 amide bonds. The Labute approximate surface area is 111 Å². The Morgan fingerprint density at radius 2 is 1.88 bits per heavy atom. The van der Waals surface area contributed by atoms with E-state index in [0.29, 0.717) is 5.56 Å². The normalized spacial score (nSPS) is 12.4. The van der Waals surface area contributed by atoms with E-state index in [4.69, 9.17) is 23.2 Å². The van der Waals surface area contributed by atoms with Gasteiger partial charge in [-0.05, 0) is 11.6 Å². The molecule has 0 bridgehead atoms. The minimum atomic E-state index is -3.52. The molecule has 7 heteroatoms. The second kappa shape index (κ2) is 5.14. The maximum atomic E-state index is 11.9. The SMILES string of the molecule is CN(C)S(=O)(=O)c1cccc(C(Cl)Cl)c1S. The number of thiol groups is 1. The fraction of sp³-hybridized carbons (Fsp3) is 0.333. The number of sulfonamides is 1. The highest BCUT2D eigenvalue weighted by Gasteiger charge is 2.22. The largest absolute Gasteiger partial charge is 0.243 e. The predicted octanol–water partition coefficient (Wildman–Crippen LogP) is 2.70. The lowest BCUT2D eigenvalue weighted by atomic mass is 10.2. The number of nitrogens with zero attached hydrogens (tertiary/aromatic N) is 1. The summed E-state index contributed by atoms with van der Waals surface area (Å²) >= 11 is 15.6. The summed E-state index contributed by atoms with van der Waals surface area (Å²) in [7, 11) is -0.619. The first-order valence-electron chi connectivity index (χ1n) is 4.31. The molecule has 0 spiro atoms. The quantitative estimate of drug-likeness (QED) is 0.688. The molecular formula is C9H11Cl2NO2S2. The van der Waals surface area contributed by atoms with Crippen LogP contribution < -0.4 is 0 Å². The van der Waals surface area contributed by atoms with Gasteiger partial charge in [0.2, 0.25) is 10.0 Å². The second-order valence-corrected chi connectivity index (χ2v) is 6.95. The van der Waals surface area contributed by atoms with E-state index in [1.54, 1.807) is 12.1 Å². The fourth-order valence-corrected chi connectivity index (χ4v) is 3.27.